The fourth-order valence-corrected chi connectivity index (χ4v) is 3.35. The van der Waals surface area contributed by atoms with E-state index in [0.29, 0.717) is 42.3 Å². The lowest BCUT2D eigenvalue weighted by molar-refractivity contribution is 0.0950. The van der Waals surface area contributed by atoms with Crippen LogP contribution in [0.2, 0.25) is 0 Å². The Hall–Kier alpha value is -4.58. The summed E-state index contributed by atoms with van der Waals surface area (Å²) in [4.78, 5) is 25.1. The number of anilines is 1. The largest absolute Gasteiger partial charge is 0.490 e. The standard InChI is InChI=1S/C29H26N2O4/c32-28(30-21-22-8-3-1-4-9-22)23-14-16-25(17-15-23)31-29(33)24-10-7-13-27(20-24)35-19-18-34-26-11-5-2-6-12-26/h1-17,20H,18-19,21H2,(H,30,32)(H,31,33). The van der Waals surface area contributed by atoms with E-state index in [0.717, 1.165) is 11.3 Å². The van der Waals surface area contributed by atoms with Crippen LogP contribution in [0.4, 0.5) is 5.69 Å². The predicted octanol–water partition coefficient (Wildman–Crippen LogP) is 5.33. The molecule has 0 aromatic heterocycles. The predicted molar refractivity (Wildman–Crippen MR) is 136 cm³/mol. The Morgan fingerprint density at radius 2 is 1.23 bits per heavy atom. The summed E-state index contributed by atoms with van der Waals surface area (Å²) in [5.41, 5.74) is 2.61. The Morgan fingerprint density at radius 3 is 1.94 bits per heavy atom. The lowest BCUT2D eigenvalue weighted by Gasteiger charge is -2.10. The van der Waals surface area contributed by atoms with E-state index in [9.17, 15) is 9.59 Å². The van der Waals surface area contributed by atoms with Crippen molar-refractivity contribution in [2.45, 2.75) is 6.54 Å². The van der Waals surface area contributed by atoms with Gasteiger partial charge in [0.25, 0.3) is 11.8 Å². The van der Waals surface area contributed by atoms with E-state index < -0.39 is 0 Å². The lowest BCUT2D eigenvalue weighted by Crippen LogP contribution is -2.22. The maximum absolute atomic E-state index is 12.7. The molecule has 4 aromatic rings. The SMILES string of the molecule is O=C(NCc1ccccc1)c1ccc(NC(=O)c2cccc(OCCOc3ccccc3)c2)cc1. The molecule has 0 aliphatic carbocycles. The highest BCUT2D eigenvalue weighted by molar-refractivity contribution is 6.04. The van der Waals surface area contributed by atoms with Crippen molar-refractivity contribution in [2.24, 2.45) is 0 Å². The van der Waals surface area contributed by atoms with Gasteiger partial charge in [0.15, 0.2) is 0 Å². The van der Waals surface area contributed by atoms with Gasteiger partial charge in [0.05, 0.1) is 0 Å². The normalized spacial score (nSPS) is 10.3. The monoisotopic (exact) mass is 466 g/mol. The van der Waals surface area contributed by atoms with Crippen LogP contribution < -0.4 is 20.1 Å². The first-order valence-corrected chi connectivity index (χ1v) is 11.3. The van der Waals surface area contributed by atoms with Crippen LogP contribution in [0.15, 0.2) is 109 Å². The van der Waals surface area contributed by atoms with Gasteiger partial charge < -0.3 is 20.1 Å². The summed E-state index contributed by atoms with van der Waals surface area (Å²) in [6, 6.07) is 33.0. The van der Waals surface area contributed by atoms with Crippen molar-refractivity contribution in [3.63, 3.8) is 0 Å². The molecule has 0 aliphatic rings. The third-order valence-corrected chi connectivity index (χ3v) is 5.16. The third-order valence-electron chi connectivity index (χ3n) is 5.16. The second kappa shape index (κ2) is 12.0. The van der Waals surface area contributed by atoms with Crippen molar-refractivity contribution >= 4 is 17.5 Å². The van der Waals surface area contributed by atoms with Gasteiger partial charge in [-0.05, 0) is 60.2 Å². The number of hydrogen-bond donors (Lipinski definition) is 2. The van der Waals surface area contributed by atoms with Crippen molar-refractivity contribution < 1.29 is 19.1 Å². The fourth-order valence-electron chi connectivity index (χ4n) is 3.35. The molecule has 2 amide bonds. The summed E-state index contributed by atoms with van der Waals surface area (Å²) in [5.74, 6) is 0.925. The summed E-state index contributed by atoms with van der Waals surface area (Å²) in [5, 5.41) is 5.74. The molecule has 0 aliphatic heterocycles. The highest BCUT2D eigenvalue weighted by atomic mass is 16.5. The quantitative estimate of drug-likeness (QED) is 0.310. The summed E-state index contributed by atoms with van der Waals surface area (Å²) in [7, 11) is 0. The lowest BCUT2D eigenvalue weighted by atomic mass is 10.1. The van der Waals surface area contributed by atoms with Gasteiger partial charge in [-0.15, -0.1) is 0 Å². The molecule has 0 radical (unpaired) electrons. The van der Waals surface area contributed by atoms with Gasteiger partial charge in [0.1, 0.15) is 24.7 Å². The van der Waals surface area contributed by atoms with Crippen LogP contribution >= 0.6 is 0 Å². The summed E-state index contributed by atoms with van der Waals surface area (Å²) >= 11 is 0. The smallest absolute Gasteiger partial charge is 0.255 e. The number of carbonyl (C=O) groups is 2. The number of nitrogens with one attached hydrogen (secondary N) is 2. The van der Waals surface area contributed by atoms with E-state index >= 15 is 0 Å². The van der Waals surface area contributed by atoms with Gasteiger partial charge in [-0.3, -0.25) is 9.59 Å². The molecule has 176 valence electrons. The van der Waals surface area contributed by atoms with E-state index in [1.807, 2.05) is 60.7 Å². The van der Waals surface area contributed by atoms with Gasteiger partial charge in [-0.2, -0.15) is 0 Å². The molecule has 0 atom stereocenters. The Morgan fingerprint density at radius 1 is 0.600 bits per heavy atom. The molecule has 6 heteroatoms. The van der Waals surface area contributed by atoms with E-state index in [2.05, 4.69) is 10.6 Å². The van der Waals surface area contributed by atoms with Crippen molar-refractivity contribution in [3.8, 4) is 11.5 Å². The molecule has 4 aromatic carbocycles. The van der Waals surface area contributed by atoms with Crippen LogP contribution in [0, 0.1) is 0 Å². The summed E-state index contributed by atoms with van der Waals surface area (Å²) in [6.07, 6.45) is 0. The molecular weight excluding hydrogens is 440 g/mol. The van der Waals surface area contributed by atoms with Crippen molar-refractivity contribution in [2.75, 3.05) is 18.5 Å². The van der Waals surface area contributed by atoms with Gasteiger partial charge in [-0.1, -0.05) is 54.6 Å². The second-order valence-electron chi connectivity index (χ2n) is 7.74. The molecule has 0 unspecified atom stereocenters. The maximum atomic E-state index is 12.7. The molecule has 0 saturated carbocycles. The van der Waals surface area contributed by atoms with Crippen LogP contribution in [0.25, 0.3) is 0 Å². The topological polar surface area (TPSA) is 76.7 Å². The van der Waals surface area contributed by atoms with Gasteiger partial charge in [0.2, 0.25) is 0 Å². The van der Waals surface area contributed by atoms with Gasteiger partial charge >= 0.3 is 0 Å². The van der Waals surface area contributed by atoms with Crippen molar-refractivity contribution in [1.82, 2.24) is 5.32 Å². The zero-order chi connectivity index (χ0) is 24.3. The first-order chi connectivity index (χ1) is 17.2. The molecule has 4 rings (SSSR count). The van der Waals surface area contributed by atoms with Gasteiger partial charge in [-0.25, -0.2) is 0 Å². The number of rotatable bonds is 10. The minimum absolute atomic E-state index is 0.173. The second-order valence-corrected chi connectivity index (χ2v) is 7.74. The molecule has 0 fully saturated rings. The molecule has 0 saturated heterocycles. The number of amides is 2. The highest BCUT2D eigenvalue weighted by Gasteiger charge is 2.09. The van der Waals surface area contributed by atoms with Crippen molar-refractivity contribution in [1.29, 1.82) is 0 Å². The fraction of sp³-hybridized carbons (Fsp3) is 0.103. The number of ether oxygens (including phenoxy) is 2. The molecule has 35 heavy (non-hydrogen) atoms. The summed E-state index contributed by atoms with van der Waals surface area (Å²) in [6.45, 7) is 1.20. The average Bonchev–Trinajstić information content (AvgIpc) is 2.91. The zero-order valence-electron chi connectivity index (χ0n) is 19.1. The highest BCUT2D eigenvalue weighted by Crippen LogP contribution is 2.17. The minimum atomic E-state index is -0.266. The Labute approximate surface area is 204 Å². The third kappa shape index (κ3) is 7.20. The van der Waals surface area contributed by atoms with Crippen LogP contribution in [-0.4, -0.2) is 25.0 Å². The first kappa shape index (κ1) is 23.6. The van der Waals surface area contributed by atoms with E-state index in [1.165, 1.54) is 0 Å². The Kier molecular flexibility index (Phi) is 8.11. The van der Waals surface area contributed by atoms with E-state index in [-0.39, 0.29) is 11.8 Å². The maximum Gasteiger partial charge on any atom is 0.255 e. The molecule has 2 N–H and O–H groups in total. The summed E-state index contributed by atoms with van der Waals surface area (Å²) < 4.78 is 11.3. The molecule has 0 heterocycles. The number of benzene rings is 4. The zero-order valence-corrected chi connectivity index (χ0v) is 19.1. The van der Waals surface area contributed by atoms with Crippen molar-refractivity contribution in [3.05, 3.63) is 126 Å². The molecule has 6 nitrogen and oxygen atoms in total. The molecular formula is C29H26N2O4. The van der Waals surface area contributed by atoms with E-state index in [1.54, 1.807) is 48.5 Å². The average molecular weight is 467 g/mol. The van der Waals surface area contributed by atoms with Crippen LogP contribution in [0.3, 0.4) is 0 Å². The minimum Gasteiger partial charge on any atom is -0.490 e. The Balaban J connectivity index is 1.26. The number of carbonyl (C=O) groups excluding carboxylic acids is 2. The molecule has 0 bridgehead atoms. The number of para-hydroxylation sites is 1. The van der Waals surface area contributed by atoms with Gasteiger partial charge in [0, 0.05) is 23.4 Å². The van der Waals surface area contributed by atoms with E-state index in [4.69, 9.17) is 9.47 Å². The van der Waals surface area contributed by atoms with Crippen LogP contribution in [0.5, 0.6) is 11.5 Å². The Bertz CT molecular complexity index is 1240. The number of hydrogen-bond acceptors (Lipinski definition) is 4. The van der Waals surface area contributed by atoms with Crippen LogP contribution in [0.1, 0.15) is 26.3 Å². The first-order valence-electron chi connectivity index (χ1n) is 11.3. The molecule has 0 spiro atoms. The van der Waals surface area contributed by atoms with Crippen LogP contribution in [-0.2, 0) is 6.54 Å².